The zero-order valence-corrected chi connectivity index (χ0v) is 17.5. The lowest BCUT2D eigenvalue weighted by molar-refractivity contribution is 0.0195. The third-order valence-electron chi connectivity index (χ3n) is 6.03. The van der Waals surface area contributed by atoms with E-state index in [2.05, 4.69) is 20.4 Å². The summed E-state index contributed by atoms with van der Waals surface area (Å²) in [6.45, 7) is 1.86. The van der Waals surface area contributed by atoms with Gasteiger partial charge in [0.05, 0.1) is 30.0 Å². The Morgan fingerprint density at radius 1 is 1.26 bits per heavy atom. The third-order valence-corrected chi connectivity index (χ3v) is 6.03. The fourth-order valence-electron chi connectivity index (χ4n) is 4.30. The summed E-state index contributed by atoms with van der Waals surface area (Å²) in [5.74, 6) is 0.271. The predicted octanol–water partition coefficient (Wildman–Crippen LogP) is 4.20. The molecule has 160 valence electrons. The minimum atomic E-state index is -0.617. The maximum atomic E-state index is 15.1. The smallest absolute Gasteiger partial charge is 0.244 e. The molecule has 0 atom stereocenters. The number of halogens is 1. The van der Waals surface area contributed by atoms with Crippen molar-refractivity contribution in [2.24, 2.45) is 0 Å². The number of hydrogen-bond donors (Lipinski definition) is 2. The molecule has 31 heavy (non-hydrogen) atoms. The number of aromatic nitrogens is 4. The van der Waals surface area contributed by atoms with Crippen molar-refractivity contribution in [3.8, 4) is 17.0 Å². The molecule has 0 bridgehead atoms. The minimum Gasteiger partial charge on any atom is -0.479 e. The van der Waals surface area contributed by atoms with Crippen molar-refractivity contribution >= 4 is 22.4 Å². The monoisotopic (exact) mass is 421 g/mol. The first kappa shape index (κ1) is 19.7. The van der Waals surface area contributed by atoms with Crippen molar-refractivity contribution in [3.05, 3.63) is 48.5 Å². The van der Waals surface area contributed by atoms with Crippen LogP contribution in [0.1, 0.15) is 32.6 Å². The highest BCUT2D eigenvalue weighted by molar-refractivity contribution is 5.90. The molecule has 0 spiro atoms. The van der Waals surface area contributed by atoms with Crippen LogP contribution in [0, 0.1) is 5.82 Å². The lowest BCUT2D eigenvalue weighted by atomic mass is 9.84. The zero-order chi connectivity index (χ0) is 21.6. The van der Waals surface area contributed by atoms with Crippen LogP contribution in [0.2, 0.25) is 0 Å². The molecule has 0 saturated heterocycles. The van der Waals surface area contributed by atoms with Crippen molar-refractivity contribution in [2.75, 3.05) is 12.4 Å². The second-order valence-corrected chi connectivity index (χ2v) is 8.42. The van der Waals surface area contributed by atoms with Crippen molar-refractivity contribution in [2.45, 2.75) is 44.2 Å². The van der Waals surface area contributed by atoms with E-state index in [0.29, 0.717) is 41.3 Å². The average molecular weight is 421 g/mol. The van der Waals surface area contributed by atoms with Gasteiger partial charge in [0.15, 0.2) is 5.82 Å². The van der Waals surface area contributed by atoms with E-state index in [0.717, 1.165) is 23.7 Å². The largest absolute Gasteiger partial charge is 0.479 e. The standard InChI is InChI=1S/C23H24FN5O2/c1-23(30)9-7-16(8-10-23)26-22-27-21(31-2)20-19(17(24)13-29(20)28-22)15-5-6-18-14(12-15)4-3-11-25-18/h3-6,11-13,16,30H,7-10H2,1-2H3,(H,26,28). The number of pyridine rings is 1. The van der Waals surface area contributed by atoms with Gasteiger partial charge in [-0.2, -0.15) is 4.98 Å². The molecule has 3 aromatic heterocycles. The molecule has 5 rings (SSSR count). The molecular formula is C23H24FN5O2. The first-order valence-electron chi connectivity index (χ1n) is 10.4. The molecule has 1 aliphatic rings. The van der Waals surface area contributed by atoms with Gasteiger partial charge in [-0.05, 0) is 56.4 Å². The van der Waals surface area contributed by atoms with Crippen LogP contribution in [0.4, 0.5) is 10.3 Å². The van der Waals surface area contributed by atoms with Crippen LogP contribution in [0.25, 0.3) is 27.5 Å². The van der Waals surface area contributed by atoms with E-state index in [1.165, 1.54) is 17.8 Å². The normalized spacial score (nSPS) is 21.5. The molecule has 7 nitrogen and oxygen atoms in total. The Balaban J connectivity index is 1.54. The number of nitrogens with one attached hydrogen (secondary N) is 1. The van der Waals surface area contributed by atoms with Crippen molar-refractivity contribution in [3.63, 3.8) is 0 Å². The number of benzene rings is 1. The lowest BCUT2D eigenvalue weighted by Crippen LogP contribution is -2.36. The Labute approximate surface area is 178 Å². The van der Waals surface area contributed by atoms with Crippen LogP contribution in [0.15, 0.2) is 42.7 Å². The first-order chi connectivity index (χ1) is 14.9. The predicted molar refractivity (Wildman–Crippen MR) is 117 cm³/mol. The van der Waals surface area contributed by atoms with E-state index in [-0.39, 0.29) is 6.04 Å². The summed E-state index contributed by atoms with van der Waals surface area (Å²) in [6, 6.07) is 9.56. The van der Waals surface area contributed by atoms with Gasteiger partial charge >= 0.3 is 0 Å². The second-order valence-electron chi connectivity index (χ2n) is 8.42. The van der Waals surface area contributed by atoms with Gasteiger partial charge in [0, 0.05) is 17.6 Å². The average Bonchev–Trinajstić information content (AvgIpc) is 3.10. The summed E-state index contributed by atoms with van der Waals surface area (Å²) in [5, 5.41) is 18.9. The van der Waals surface area contributed by atoms with E-state index in [1.807, 2.05) is 37.3 Å². The van der Waals surface area contributed by atoms with Gasteiger partial charge in [-0.25, -0.2) is 8.91 Å². The van der Waals surface area contributed by atoms with Crippen LogP contribution in [0.3, 0.4) is 0 Å². The topological polar surface area (TPSA) is 84.6 Å². The maximum Gasteiger partial charge on any atom is 0.244 e. The third kappa shape index (κ3) is 3.67. The number of rotatable bonds is 4. The molecule has 0 radical (unpaired) electrons. The molecule has 8 heteroatoms. The molecule has 3 heterocycles. The number of hydrogen-bond acceptors (Lipinski definition) is 6. The van der Waals surface area contributed by atoms with Gasteiger partial charge in [-0.1, -0.05) is 12.1 Å². The maximum absolute atomic E-state index is 15.1. The van der Waals surface area contributed by atoms with Crippen molar-refractivity contribution in [1.82, 2.24) is 19.6 Å². The number of anilines is 1. The van der Waals surface area contributed by atoms with E-state index in [4.69, 9.17) is 4.74 Å². The van der Waals surface area contributed by atoms with E-state index >= 15 is 4.39 Å². The molecule has 1 fully saturated rings. The van der Waals surface area contributed by atoms with Gasteiger partial charge in [0.25, 0.3) is 0 Å². The molecule has 1 aromatic carbocycles. The number of aliphatic hydroxyl groups is 1. The quantitative estimate of drug-likeness (QED) is 0.514. The summed E-state index contributed by atoms with van der Waals surface area (Å²) in [4.78, 5) is 8.83. The molecular weight excluding hydrogens is 397 g/mol. The van der Waals surface area contributed by atoms with Crippen LogP contribution in [0.5, 0.6) is 5.88 Å². The zero-order valence-electron chi connectivity index (χ0n) is 17.5. The van der Waals surface area contributed by atoms with Gasteiger partial charge in [-0.15, -0.1) is 5.10 Å². The fraction of sp³-hybridized carbons (Fsp3) is 0.348. The summed E-state index contributed by atoms with van der Waals surface area (Å²) in [7, 11) is 1.52. The number of ether oxygens (including phenoxy) is 1. The van der Waals surface area contributed by atoms with Gasteiger partial charge in [-0.3, -0.25) is 4.98 Å². The van der Waals surface area contributed by atoms with Crippen molar-refractivity contribution in [1.29, 1.82) is 0 Å². The highest BCUT2D eigenvalue weighted by Crippen LogP contribution is 2.36. The highest BCUT2D eigenvalue weighted by Gasteiger charge is 2.29. The Hall–Kier alpha value is -3.26. The summed E-state index contributed by atoms with van der Waals surface area (Å²) in [5.41, 5.74) is 1.80. The Kier molecular flexibility index (Phi) is 4.74. The lowest BCUT2D eigenvalue weighted by Gasteiger charge is -2.33. The minimum absolute atomic E-state index is 0.148. The highest BCUT2D eigenvalue weighted by atomic mass is 19.1. The Morgan fingerprint density at radius 3 is 2.84 bits per heavy atom. The van der Waals surface area contributed by atoms with Gasteiger partial charge in [0.2, 0.25) is 11.8 Å². The Morgan fingerprint density at radius 2 is 2.06 bits per heavy atom. The molecule has 2 N–H and O–H groups in total. The van der Waals surface area contributed by atoms with Crippen LogP contribution in [-0.2, 0) is 0 Å². The Bertz CT molecular complexity index is 1260. The van der Waals surface area contributed by atoms with E-state index in [9.17, 15) is 5.11 Å². The van der Waals surface area contributed by atoms with Gasteiger partial charge < -0.3 is 15.2 Å². The molecule has 0 unspecified atom stereocenters. The second kappa shape index (κ2) is 7.46. The molecule has 1 saturated carbocycles. The summed E-state index contributed by atoms with van der Waals surface area (Å²) >= 11 is 0. The first-order valence-corrected chi connectivity index (χ1v) is 10.4. The van der Waals surface area contributed by atoms with E-state index < -0.39 is 11.4 Å². The SMILES string of the molecule is COc1nc(NC2CCC(C)(O)CC2)nn2cc(F)c(-c3ccc4ncccc4c3)c12. The summed E-state index contributed by atoms with van der Waals surface area (Å²) in [6.07, 6.45) is 6.13. The molecule has 0 amide bonds. The number of nitrogens with zero attached hydrogens (tertiary/aromatic N) is 4. The van der Waals surface area contributed by atoms with Crippen LogP contribution < -0.4 is 10.1 Å². The number of methoxy groups -OCH3 is 1. The summed E-state index contributed by atoms with van der Waals surface area (Å²) < 4.78 is 22.1. The van der Waals surface area contributed by atoms with E-state index in [1.54, 1.807) is 6.20 Å². The fourth-order valence-corrected chi connectivity index (χ4v) is 4.30. The molecule has 1 aliphatic carbocycles. The van der Waals surface area contributed by atoms with Crippen LogP contribution >= 0.6 is 0 Å². The molecule has 0 aliphatic heterocycles. The molecule has 4 aromatic rings. The van der Waals surface area contributed by atoms with Crippen LogP contribution in [-0.4, -0.2) is 43.4 Å². The van der Waals surface area contributed by atoms with Crippen molar-refractivity contribution < 1.29 is 14.2 Å². The van der Waals surface area contributed by atoms with Gasteiger partial charge in [0.1, 0.15) is 5.52 Å². The number of fused-ring (bicyclic) bond motifs is 2.